The molecule has 0 atom stereocenters. The summed E-state index contributed by atoms with van der Waals surface area (Å²) in [5, 5.41) is 21.5. The summed E-state index contributed by atoms with van der Waals surface area (Å²) in [5.74, 6) is 0. The van der Waals surface area contributed by atoms with Gasteiger partial charge in [-0.15, -0.1) is 0 Å². The Bertz CT molecular complexity index is 69.0. The van der Waals surface area contributed by atoms with Crippen LogP contribution in [0.4, 0.5) is 0 Å². The summed E-state index contributed by atoms with van der Waals surface area (Å²) in [7, 11) is -2.58. The zero-order valence-corrected chi connectivity index (χ0v) is 16.1. The summed E-state index contributed by atoms with van der Waals surface area (Å²) in [4.78, 5) is 0. The van der Waals surface area contributed by atoms with Crippen molar-refractivity contribution in [3.05, 3.63) is 0 Å². The molecule has 3 nitrogen and oxygen atoms in total. The Balaban J connectivity index is -0.0000000600. The van der Waals surface area contributed by atoms with E-state index in [1.807, 2.05) is 0 Å². The number of hydrogen-bond donors (Lipinski definition) is 3. The van der Waals surface area contributed by atoms with Gasteiger partial charge in [0.15, 0.2) is 0 Å². The molecule has 0 unspecified atom stereocenters. The summed E-state index contributed by atoms with van der Waals surface area (Å²) < 4.78 is 0. The van der Waals surface area contributed by atoms with Gasteiger partial charge in [-0.05, 0) is 0 Å². The third-order valence-electron chi connectivity index (χ3n) is 0. The molecule has 16 heavy (non-hydrogen) atoms. The Labute approximate surface area is 108 Å². The van der Waals surface area contributed by atoms with E-state index in [-0.39, 0.29) is 26.4 Å². The molecule has 3 N–H and O–H groups in total. The van der Waals surface area contributed by atoms with Crippen LogP contribution in [0.15, 0.2) is 0 Å². The lowest BCUT2D eigenvalue weighted by atomic mass is 10.3. The summed E-state index contributed by atoms with van der Waals surface area (Å²) in [5.41, 5.74) is 0. The zero-order chi connectivity index (χ0) is 14.3. The van der Waals surface area contributed by atoms with Crippen LogP contribution >= 0.6 is 0 Å². The van der Waals surface area contributed by atoms with Gasteiger partial charge in [-0.25, -0.2) is 0 Å². The lowest BCUT2D eigenvalue weighted by molar-refractivity contribution is 0.278. The minimum absolute atomic E-state index is 0.139. The summed E-state index contributed by atoms with van der Waals surface area (Å²) in [6.07, 6.45) is 0. The van der Waals surface area contributed by atoms with Gasteiger partial charge in [0.25, 0.3) is 0 Å². The molecular formula is C9H33BO3Si3. The van der Waals surface area contributed by atoms with Crippen LogP contribution in [0.1, 0.15) is 0 Å². The third-order valence-corrected chi connectivity index (χ3v) is 0. The van der Waals surface area contributed by atoms with Crippen LogP contribution in [-0.4, -0.2) is 48.8 Å². The molecular weight excluding hydrogens is 251 g/mol. The largest absolute Gasteiger partial charge is 0.631 e. The van der Waals surface area contributed by atoms with Crippen molar-refractivity contribution in [3.63, 3.8) is 0 Å². The van der Waals surface area contributed by atoms with Crippen LogP contribution in [0.2, 0.25) is 58.9 Å². The van der Waals surface area contributed by atoms with Crippen molar-refractivity contribution in [3.8, 4) is 0 Å². The highest BCUT2D eigenvalue weighted by Gasteiger charge is 1.92. The standard InChI is InChI=1S/3C3H10Si.BH3O3/c3*1-4(2)3;2-1(3)4/h3*4H,1-3H3;2-4H. The zero-order valence-electron chi connectivity index (χ0n) is 12.7. The highest BCUT2D eigenvalue weighted by atomic mass is 28.3. The second-order valence-electron chi connectivity index (χ2n) is 5.54. The molecule has 0 saturated carbocycles. The van der Waals surface area contributed by atoms with E-state index in [2.05, 4.69) is 58.9 Å². The molecule has 0 aromatic carbocycles. The predicted octanol–water partition coefficient (Wildman–Crippen LogP) is 1.26. The Morgan fingerprint density at radius 3 is 0.500 bits per heavy atom. The van der Waals surface area contributed by atoms with Gasteiger partial charge in [0, 0.05) is 26.4 Å². The Morgan fingerprint density at radius 1 is 0.500 bits per heavy atom. The minimum atomic E-state index is -2.17. The van der Waals surface area contributed by atoms with E-state index in [0.29, 0.717) is 0 Å². The van der Waals surface area contributed by atoms with Crippen LogP contribution in [0.3, 0.4) is 0 Å². The van der Waals surface area contributed by atoms with Gasteiger partial charge in [-0.2, -0.15) is 0 Å². The molecule has 0 aliphatic heterocycles. The topological polar surface area (TPSA) is 60.7 Å². The summed E-state index contributed by atoms with van der Waals surface area (Å²) in [6, 6.07) is 0. The fourth-order valence-electron chi connectivity index (χ4n) is 0. The van der Waals surface area contributed by atoms with Gasteiger partial charge in [0.2, 0.25) is 0 Å². The van der Waals surface area contributed by atoms with Crippen LogP contribution in [0.5, 0.6) is 0 Å². The fraction of sp³-hybridized carbons (Fsp3) is 1.00. The van der Waals surface area contributed by atoms with Crippen molar-refractivity contribution >= 4 is 33.7 Å². The normalized spacial score (nSPS) is 8.44. The first-order chi connectivity index (χ1) is 6.93. The van der Waals surface area contributed by atoms with E-state index in [1.165, 1.54) is 0 Å². The van der Waals surface area contributed by atoms with Crippen LogP contribution < -0.4 is 0 Å². The Kier molecular flexibility index (Phi) is 33.3. The quantitative estimate of drug-likeness (QED) is 0.587. The smallest absolute Gasteiger partial charge is 0.402 e. The molecule has 7 heteroatoms. The van der Waals surface area contributed by atoms with E-state index < -0.39 is 7.32 Å². The van der Waals surface area contributed by atoms with E-state index in [0.717, 1.165) is 0 Å². The molecule has 0 bridgehead atoms. The average molecular weight is 284 g/mol. The molecule has 0 fully saturated rings. The Morgan fingerprint density at radius 2 is 0.500 bits per heavy atom. The molecule has 0 heterocycles. The second-order valence-corrected chi connectivity index (χ2v) is 15.9. The van der Waals surface area contributed by atoms with E-state index in [1.54, 1.807) is 0 Å². The van der Waals surface area contributed by atoms with E-state index in [4.69, 9.17) is 15.1 Å². The lowest BCUT2D eigenvalue weighted by Gasteiger charge is -1.75. The molecule has 0 aromatic heterocycles. The maximum Gasteiger partial charge on any atom is 0.631 e. The molecule has 0 rings (SSSR count). The monoisotopic (exact) mass is 284 g/mol. The highest BCUT2D eigenvalue weighted by molar-refractivity contribution is 6.54. The van der Waals surface area contributed by atoms with Crippen molar-refractivity contribution < 1.29 is 15.1 Å². The molecule has 0 amide bonds. The first-order valence-corrected chi connectivity index (χ1v) is 16.4. The van der Waals surface area contributed by atoms with Gasteiger partial charge in [-0.1, -0.05) is 58.9 Å². The molecule has 0 spiro atoms. The molecule has 0 aromatic rings. The van der Waals surface area contributed by atoms with Gasteiger partial charge < -0.3 is 15.1 Å². The van der Waals surface area contributed by atoms with Gasteiger partial charge in [-0.3, -0.25) is 0 Å². The van der Waals surface area contributed by atoms with Crippen molar-refractivity contribution in [2.45, 2.75) is 58.9 Å². The maximum absolute atomic E-state index is 7.17. The van der Waals surface area contributed by atoms with Crippen LogP contribution in [-0.2, 0) is 0 Å². The third kappa shape index (κ3) is 7610. The van der Waals surface area contributed by atoms with Crippen LogP contribution in [0, 0.1) is 0 Å². The van der Waals surface area contributed by atoms with Crippen molar-refractivity contribution in [2.75, 3.05) is 0 Å². The predicted molar refractivity (Wildman–Crippen MR) is 86.6 cm³/mol. The molecule has 0 aliphatic rings. The number of hydrogen-bond acceptors (Lipinski definition) is 3. The van der Waals surface area contributed by atoms with Crippen LogP contribution in [0.25, 0.3) is 0 Å². The van der Waals surface area contributed by atoms with Crippen molar-refractivity contribution in [2.24, 2.45) is 0 Å². The Hall–Kier alpha value is 0.596. The van der Waals surface area contributed by atoms with Crippen molar-refractivity contribution in [1.29, 1.82) is 0 Å². The van der Waals surface area contributed by atoms with E-state index in [9.17, 15) is 0 Å². The first kappa shape index (κ1) is 25.4. The molecule has 102 valence electrons. The molecule has 0 radical (unpaired) electrons. The van der Waals surface area contributed by atoms with Gasteiger partial charge in [0.05, 0.1) is 0 Å². The summed E-state index contributed by atoms with van der Waals surface area (Å²) >= 11 is 0. The first-order valence-electron chi connectivity index (χ1n) is 5.97. The average Bonchev–Trinajstić information content (AvgIpc) is 1.76. The molecule has 0 saturated heterocycles. The molecule has 0 aliphatic carbocycles. The number of rotatable bonds is 0. The van der Waals surface area contributed by atoms with E-state index >= 15 is 0 Å². The second kappa shape index (κ2) is 20.9. The SMILES string of the molecule is C[SiH](C)C.C[SiH](C)C.C[SiH](C)C.OB(O)O. The maximum atomic E-state index is 7.17. The van der Waals surface area contributed by atoms with Gasteiger partial charge in [0.1, 0.15) is 0 Å². The van der Waals surface area contributed by atoms with Crippen molar-refractivity contribution in [1.82, 2.24) is 0 Å². The highest BCUT2D eigenvalue weighted by Crippen LogP contribution is 1.68. The lowest BCUT2D eigenvalue weighted by Crippen LogP contribution is -2.07. The van der Waals surface area contributed by atoms with Gasteiger partial charge >= 0.3 is 7.32 Å². The fourth-order valence-corrected chi connectivity index (χ4v) is 0. The minimum Gasteiger partial charge on any atom is -0.402 e. The summed E-state index contributed by atoms with van der Waals surface area (Å²) in [6.45, 7) is 20.8.